The molecule has 0 spiro atoms. The summed E-state index contributed by atoms with van der Waals surface area (Å²) in [6.45, 7) is 0.545. The molecule has 0 aromatic carbocycles. The quantitative estimate of drug-likeness (QED) is 0.634. The Hall–Kier alpha value is -2.11. The lowest BCUT2D eigenvalue weighted by molar-refractivity contribution is -0.137. The average molecular weight is 237 g/mol. The van der Waals surface area contributed by atoms with Gasteiger partial charge in [-0.15, -0.1) is 0 Å². The Kier molecular flexibility index (Phi) is 4.93. The molecule has 1 heterocycles. The molecule has 1 aromatic heterocycles. The smallest absolute Gasteiger partial charge is 0.303 e. The molecule has 0 aliphatic carbocycles. The van der Waals surface area contributed by atoms with Gasteiger partial charge in [0, 0.05) is 31.9 Å². The van der Waals surface area contributed by atoms with E-state index in [0.717, 1.165) is 5.69 Å². The van der Waals surface area contributed by atoms with Crippen molar-refractivity contribution in [1.82, 2.24) is 10.3 Å². The van der Waals surface area contributed by atoms with Crippen LogP contribution < -0.4 is 10.6 Å². The van der Waals surface area contributed by atoms with Crippen LogP contribution in [0.25, 0.3) is 0 Å². The average Bonchev–Trinajstić information content (AvgIpc) is 2.34. The molecule has 0 fully saturated rings. The number of carbonyl (C=O) groups is 2. The van der Waals surface area contributed by atoms with E-state index >= 15 is 0 Å². The number of nitrogens with one attached hydrogen (secondary N) is 2. The number of nitrogens with zero attached hydrogens (tertiary/aromatic N) is 1. The fourth-order valence-corrected chi connectivity index (χ4v) is 1.27. The first-order valence-electron chi connectivity index (χ1n) is 5.27. The fourth-order valence-electron chi connectivity index (χ4n) is 1.27. The van der Waals surface area contributed by atoms with Crippen LogP contribution in [0.15, 0.2) is 18.3 Å². The molecule has 0 radical (unpaired) electrons. The highest BCUT2D eigenvalue weighted by molar-refractivity contribution is 5.92. The van der Waals surface area contributed by atoms with Gasteiger partial charge in [-0.2, -0.15) is 0 Å². The van der Waals surface area contributed by atoms with Gasteiger partial charge in [0.15, 0.2) is 0 Å². The highest BCUT2D eigenvalue weighted by atomic mass is 16.4. The SMILES string of the molecule is CNC(=O)c1cc(NCCCC(=O)O)ccn1. The number of amides is 1. The Morgan fingerprint density at radius 3 is 2.88 bits per heavy atom. The minimum atomic E-state index is -0.812. The van der Waals surface area contributed by atoms with Crippen LogP contribution in [0.4, 0.5) is 5.69 Å². The zero-order valence-electron chi connectivity index (χ0n) is 9.56. The van der Waals surface area contributed by atoms with Crippen LogP contribution in [0.3, 0.4) is 0 Å². The second-order valence-corrected chi connectivity index (χ2v) is 3.43. The predicted octanol–water partition coefficient (Wildman–Crippen LogP) is 0.718. The van der Waals surface area contributed by atoms with Gasteiger partial charge in [-0.25, -0.2) is 0 Å². The second kappa shape index (κ2) is 6.47. The van der Waals surface area contributed by atoms with Crippen LogP contribution in [-0.2, 0) is 4.79 Å². The highest BCUT2D eigenvalue weighted by Gasteiger charge is 2.05. The number of hydrogen-bond acceptors (Lipinski definition) is 4. The highest BCUT2D eigenvalue weighted by Crippen LogP contribution is 2.08. The molecule has 0 bridgehead atoms. The van der Waals surface area contributed by atoms with Crippen LogP contribution in [-0.4, -0.2) is 35.6 Å². The van der Waals surface area contributed by atoms with Gasteiger partial charge in [-0.3, -0.25) is 14.6 Å². The van der Waals surface area contributed by atoms with E-state index in [1.165, 1.54) is 13.2 Å². The van der Waals surface area contributed by atoms with Gasteiger partial charge in [-0.1, -0.05) is 0 Å². The minimum absolute atomic E-state index is 0.125. The summed E-state index contributed by atoms with van der Waals surface area (Å²) in [6.07, 6.45) is 2.19. The maximum Gasteiger partial charge on any atom is 0.303 e. The third-order valence-electron chi connectivity index (χ3n) is 2.12. The zero-order valence-corrected chi connectivity index (χ0v) is 9.56. The van der Waals surface area contributed by atoms with E-state index in [-0.39, 0.29) is 12.3 Å². The van der Waals surface area contributed by atoms with Crippen molar-refractivity contribution in [2.24, 2.45) is 0 Å². The molecule has 1 amide bonds. The molecular formula is C11H15N3O3. The van der Waals surface area contributed by atoms with Crippen LogP contribution in [0.5, 0.6) is 0 Å². The van der Waals surface area contributed by atoms with Crippen molar-refractivity contribution in [1.29, 1.82) is 0 Å². The lowest BCUT2D eigenvalue weighted by Gasteiger charge is -2.06. The van der Waals surface area contributed by atoms with Crippen molar-refractivity contribution in [3.05, 3.63) is 24.0 Å². The first kappa shape index (κ1) is 13.0. The Morgan fingerprint density at radius 2 is 2.24 bits per heavy atom. The summed E-state index contributed by atoms with van der Waals surface area (Å²) in [6, 6.07) is 3.35. The maximum atomic E-state index is 11.3. The van der Waals surface area contributed by atoms with Gasteiger partial charge >= 0.3 is 5.97 Å². The summed E-state index contributed by atoms with van der Waals surface area (Å²) in [5.41, 5.74) is 1.08. The summed E-state index contributed by atoms with van der Waals surface area (Å²) >= 11 is 0. The van der Waals surface area contributed by atoms with Crippen molar-refractivity contribution in [3.8, 4) is 0 Å². The molecule has 0 saturated carbocycles. The van der Waals surface area contributed by atoms with Crippen LogP contribution in [0, 0.1) is 0 Å². The largest absolute Gasteiger partial charge is 0.481 e. The molecule has 6 nitrogen and oxygen atoms in total. The second-order valence-electron chi connectivity index (χ2n) is 3.43. The molecular weight excluding hydrogens is 222 g/mol. The number of hydrogen-bond donors (Lipinski definition) is 3. The zero-order chi connectivity index (χ0) is 12.7. The molecule has 92 valence electrons. The molecule has 6 heteroatoms. The number of anilines is 1. The van der Waals surface area contributed by atoms with Gasteiger partial charge in [0.25, 0.3) is 5.91 Å². The van der Waals surface area contributed by atoms with Gasteiger partial charge in [0.05, 0.1) is 0 Å². The van der Waals surface area contributed by atoms with Crippen molar-refractivity contribution < 1.29 is 14.7 Å². The monoisotopic (exact) mass is 237 g/mol. The number of carbonyl (C=O) groups excluding carboxylic acids is 1. The van der Waals surface area contributed by atoms with Crippen molar-refractivity contribution in [3.63, 3.8) is 0 Å². The van der Waals surface area contributed by atoms with Gasteiger partial charge < -0.3 is 15.7 Å². The Labute approximate surface area is 99.1 Å². The minimum Gasteiger partial charge on any atom is -0.481 e. The van der Waals surface area contributed by atoms with Crippen molar-refractivity contribution in [2.45, 2.75) is 12.8 Å². The summed E-state index contributed by atoms with van der Waals surface area (Å²) in [4.78, 5) is 25.5. The lowest BCUT2D eigenvalue weighted by atomic mass is 10.2. The molecule has 0 atom stereocenters. The molecule has 3 N–H and O–H groups in total. The van der Waals surface area contributed by atoms with E-state index in [1.54, 1.807) is 12.1 Å². The third-order valence-corrected chi connectivity index (χ3v) is 2.12. The normalized spacial score (nSPS) is 9.71. The van der Waals surface area contributed by atoms with E-state index in [0.29, 0.717) is 18.7 Å². The number of carboxylic acid groups (broad SMARTS) is 1. The molecule has 0 unspecified atom stereocenters. The summed E-state index contributed by atoms with van der Waals surface area (Å²) in [5.74, 6) is -1.06. The van der Waals surface area contributed by atoms with Gasteiger partial charge in [0.2, 0.25) is 0 Å². The van der Waals surface area contributed by atoms with Gasteiger partial charge in [-0.05, 0) is 18.6 Å². The summed E-state index contributed by atoms with van der Waals surface area (Å²) < 4.78 is 0. The van der Waals surface area contributed by atoms with E-state index in [1.807, 2.05) is 0 Å². The Balaban J connectivity index is 2.48. The van der Waals surface area contributed by atoms with Gasteiger partial charge in [0.1, 0.15) is 5.69 Å². The molecule has 0 saturated heterocycles. The Bertz CT molecular complexity index is 407. The fraction of sp³-hybridized carbons (Fsp3) is 0.364. The third kappa shape index (κ3) is 4.50. The first-order valence-corrected chi connectivity index (χ1v) is 5.27. The maximum absolute atomic E-state index is 11.3. The van der Waals surface area contributed by atoms with E-state index in [9.17, 15) is 9.59 Å². The van der Waals surface area contributed by atoms with E-state index < -0.39 is 5.97 Å². The van der Waals surface area contributed by atoms with Crippen LogP contribution in [0.2, 0.25) is 0 Å². The predicted molar refractivity (Wildman–Crippen MR) is 63.0 cm³/mol. The standard InChI is InChI=1S/C11H15N3O3/c1-12-11(17)9-7-8(4-6-14-9)13-5-2-3-10(15)16/h4,6-7H,2-3,5H2,1H3,(H,12,17)(H,13,14)(H,15,16). The summed E-state index contributed by atoms with van der Waals surface area (Å²) in [5, 5.41) is 14.0. The van der Waals surface area contributed by atoms with Crippen molar-refractivity contribution in [2.75, 3.05) is 18.9 Å². The molecule has 0 aliphatic rings. The number of aliphatic carboxylic acids is 1. The number of pyridine rings is 1. The molecule has 1 aromatic rings. The van der Waals surface area contributed by atoms with E-state index in [2.05, 4.69) is 15.6 Å². The van der Waals surface area contributed by atoms with Crippen molar-refractivity contribution >= 4 is 17.6 Å². The molecule has 17 heavy (non-hydrogen) atoms. The van der Waals surface area contributed by atoms with Crippen LogP contribution >= 0.6 is 0 Å². The first-order chi connectivity index (χ1) is 8.13. The van der Waals surface area contributed by atoms with E-state index in [4.69, 9.17) is 5.11 Å². The Morgan fingerprint density at radius 1 is 1.47 bits per heavy atom. The summed E-state index contributed by atoms with van der Waals surface area (Å²) in [7, 11) is 1.54. The topological polar surface area (TPSA) is 91.3 Å². The number of carboxylic acids is 1. The van der Waals surface area contributed by atoms with Crippen LogP contribution in [0.1, 0.15) is 23.3 Å². The number of rotatable bonds is 6. The molecule has 0 aliphatic heterocycles. The number of aromatic nitrogens is 1. The lowest BCUT2D eigenvalue weighted by Crippen LogP contribution is -2.19. The molecule has 1 rings (SSSR count).